The molecule has 0 spiro atoms. The van der Waals surface area contributed by atoms with Crippen molar-refractivity contribution in [3.05, 3.63) is 35.9 Å². The summed E-state index contributed by atoms with van der Waals surface area (Å²) in [5, 5.41) is 0.902. The zero-order chi connectivity index (χ0) is 7.40. The Kier molecular flexibility index (Phi) is 3.23. The molecular weight excluding hydrogens is 211 g/mol. The molecule has 0 N–H and O–H groups in total. The first-order chi connectivity index (χ1) is 4.84. The molecule has 1 atom stereocenters. The molecule has 0 unspecified atom stereocenters. The van der Waals surface area contributed by atoms with Gasteiger partial charge >= 0.3 is 0 Å². The lowest BCUT2D eigenvalue weighted by molar-refractivity contribution is 1.11. The van der Waals surface area contributed by atoms with Crippen LogP contribution in [-0.4, -0.2) is 5.33 Å². The van der Waals surface area contributed by atoms with Crippen LogP contribution < -0.4 is 0 Å². The van der Waals surface area contributed by atoms with Crippen LogP contribution in [0.4, 0.5) is 0 Å². The summed E-state index contributed by atoms with van der Waals surface area (Å²) >= 11 is 9.26. The van der Waals surface area contributed by atoms with Gasteiger partial charge in [-0.1, -0.05) is 46.3 Å². The fourth-order valence-electron chi connectivity index (χ4n) is 0.751. The minimum Gasteiger partial charge on any atom is -0.117 e. The van der Waals surface area contributed by atoms with Crippen LogP contribution in [0.5, 0.6) is 0 Å². The molecule has 0 nitrogen and oxygen atoms in total. The van der Waals surface area contributed by atoms with Crippen molar-refractivity contribution in [2.45, 2.75) is 5.38 Å². The summed E-state index contributed by atoms with van der Waals surface area (Å²) in [5.41, 5.74) is 1.17. The third-order valence-corrected chi connectivity index (χ3v) is 2.72. The fraction of sp³-hybridized carbons (Fsp3) is 0.250. The van der Waals surface area contributed by atoms with Gasteiger partial charge in [0.2, 0.25) is 0 Å². The van der Waals surface area contributed by atoms with E-state index < -0.39 is 0 Å². The van der Waals surface area contributed by atoms with Gasteiger partial charge in [-0.05, 0) is 5.56 Å². The Morgan fingerprint density at radius 1 is 1.30 bits per heavy atom. The highest BCUT2D eigenvalue weighted by molar-refractivity contribution is 9.09. The van der Waals surface area contributed by atoms with Crippen LogP contribution in [-0.2, 0) is 0 Å². The number of hydrogen-bond donors (Lipinski definition) is 0. The first kappa shape index (κ1) is 8.09. The van der Waals surface area contributed by atoms with Crippen molar-refractivity contribution >= 4 is 27.5 Å². The maximum Gasteiger partial charge on any atom is 0.0682 e. The lowest BCUT2D eigenvalue weighted by Crippen LogP contribution is -1.88. The molecular formula is C8H8BrCl. The molecule has 0 amide bonds. The van der Waals surface area contributed by atoms with Gasteiger partial charge in [0.15, 0.2) is 0 Å². The van der Waals surface area contributed by atoms with Gasteiger partial charge in [-0.15, -0.1) is 11.6 Å². The molecule has 0 aliphatic heterocycles. The van der Waals surface area contributed by atoms with Crippen molar-refractivity contribution in [1.82, 2.24) is 0 Å². The molecule has 0 saturated carbocycles. The second kappa shape index (κ2) is 3.99. The average molecular weight is 220 g/mol. The maximum atomic E-state index is 5.94. The summed E-state index contributed by atoms with van der Waals surface area (Å²) < 4.78 is 0. The zero-order valence-corrected chi connectivity index (χ0v) is 7.77. The maximum absolute atomic E-state index is 5.94. The van der Waals surface area contributed by atoms with E-state index in [-0.39, 0.29) is 5.38 Å². The summed E-state index contributed by atoms with van der Waals surface area (Å²) in [6.07, 6.45) is 0. The molecule has 1 aromatic rings. The molecule has 0 bridgehead atoms. The van der Waals surface area contributed by atoms with E-state index in [2.05, 4.69) is 15.9 Å². The van der Waals surface area contributed by atoms with Gasteiger partial charge in [-0.25, -0.2) is 0 Å². The van der Waals surface area contributed by atoms with E-state index in [4.69, 9.17) is 11.6 Å². The molecule has 0 aromatic heterocycles. The SMILES string of the molecule is Cl[C@H](CBr)c1ccccc1. The summed E-state index contributed by atoms with van der Waals surface area (Å²) in [7, 11) is 0. The van der Waals surface area contributed by atoms with Gasteiger partial charge < -0.3 is 0 Å². The van der Waals surface area contributed by atoms with Crippen molar-refractivity contribution < 1.29 is 0 Å². The Morgan fingerprint density at radius 3 is 2.40 bits per heavy atom. The van der Waals surface area contributed by atoms with Crippen molar-refractivity contribution in [3.8, 4) is 0 Å². The van der Waals surface area contributed by atoms with Gasteiger partial charge in [0.25, 0.3) is 0 Å². The number of alkyl halides is 2. The molecule has 1 rings (SSSR count). The van der Waals surface area contributed by atoms with Crippen LogP contribution in [0.25, 0.3) is 0 Å². The van der Waals surface area contributed by atoms with E-state index in [1.807, 2.05) is 30.3 Å². The quantitative estimate of drug-likeness (QED) is 0.669. The second-order valence-corrected chi connectivity index (χ2v) is 3.21. The summed E-state index contributed by atoms with van der Waals surface area (Å²) in [6, 6.07) is 10.0. The molecule has 2 heteroatoms. The third-order valence-electron chi connectivity index (χ3n) is 1.30. The highest BCUT2D eigenvalue weighted by Gasteiger charge is 2.02. The number of halogens is 2. The summed E-state index contributed by atoms with van der Waals surface area (Å²) in [6.45, 7) is 0. The first-order valence-electron chi connectivity index (χ1n) is 3.09. The lowest BCUT2D eigenvalue weighted by Gasteiger charge is -2.03. The topological polar surface area (TPSA) is 0 Å². The molecule has 0 fully saturated rings. The largest absolute Gasteiger partial charge is 0.117 e. The predicted molar refractivity (Wildman–Crippen MR) is 48.8 cm³/mol. The molecule has 0 aliphatic carbocycles. The standard InChI is InChI=1S/C8H8BrCl/c9-6-8(10)7-4-2-1-3-5-7/h1-5,8H,6H2/t8-/m1/s1. The minimum atomic E-state index is 0.0983. The highest BCUT2D eigenvalue weighted by Crippen LogP contribution is 2.21. The number of hydrogen-bond acceptors (Lipinski definition) is 0. The van der Waals surface area contributed by atoms with Gasteiger partial charge in [0, 0.05) is 5.33 Å². The van der Waals surface area contributed by atoms with E-state index in [1.165, 1.54) is 5.56 Å². The fourth-order valence-corrected chi connectivity index (χ4v) is 1.27. The van der Waals surface area contributed by atoms with Gasteiger partial charge in [-0.2, -0.15) is 0 Å². The van der Waals surface area contributed by atoms with E-state index >= 15 is 0 Å². The third kappa shape index (κ3) is 1.99. The Labute approximate surface area is 74.3 Å². The van der Waals surface area contributed by atoms with E-state index in [0.29, 0.717) is 0 Å². The van der Waals surface area contributed by atoms with Crippen LogP contribution >= 0.6 is 27.5 Å². The van der Waals surface area contributed by atoms with E-state index in [0.717, 1.165) is 5.33 Å². The zero-order valence-electron chi connectivity index (χ0n) is 5.43. The second-order valence-electron chi connectivity index (χ2n) is 2.03. The first-order valence-corrected chi connectivity index (χ1v) is 4.65. The van der Waals surface area contributed by atoms with Crippen LogP contribution in [0.3, 0.4) is 0 Å². The van der Waals surface area contributed by atoms with Crippen LogP contribution in [0.2, 0.25) is 0 Å². The van der Waals surface area contributed by atoms with Crippen molar-refractivity contribution in [2.24, 2.45) is 0 Å². The summed E-state index contributed by atoms with van der Waals surface area (Å²) in [4.78, 5) is 0. The van der Waals surface area contributed by atoms with Crippen molar-refractivity contribution in [2.75, 3.05) is 5.33 Å². The van der Waals surface area contributed by atoms with Crippen LogP contribution in [0.15, 0.2) is 30.3 Å². The average Bonchev–Trinajstić information content (AvgIpc) is 2.05. The van der Waals surface area contributed by atoms with E-state index in [1.54, 1.807) is 0 Å². The Morgan fingerprint density at radius 2 is 1.90 bits per heavy atom. The molecule has 0 radical (unpaired) electrons. The van der Waals surface area contributed by atoms with E-state index in [9.17, 15) is 0 Å². The summed E-state index contributed by atoms with van der Waals surface area (Å²) in [5.74, 6) is 0. The molecule has 10 heavy (non-hydrogen) atoms. The highest BCUT2D eigenvalue weighted by atomic mass is 79.9. The van der Waals surface area contributed by atoms with Gasteiger partial charge in [0.1, 0.15) is 0 Å². The molecule has 0 saturated heterocycles. The van der Waals surface area contributed by atoms with Crippen LogP contribution in [0.1, 0.15) is 10.9 Å². The normalized spacial score (nSPS) is 13.0. The molecule has 1 aromatic carbocycles. The Hall–Kier alpha value is -0.0100. The number of rotatable bonds is 2. The number of benzene rings is 1. The lowest BCUT2D eigenvalue weighted by atomic mass is 10.2. The van der Waals surface area contributed by atoms with Crippen molar-refractivity contribution in [3.63, 3.8) is 0 Å². The Balaban J connectivity index is 2.75. The van der Waals surface area contributed by atoms with Gasteiger partial charge in [-0.3, -0.25) is 0 Å². The predicted octanol–water partition coefficient (Wildman–Crippen LogP) is 3.36. The minimum absolute atomic E-state index is 0.0983. The van der Waals surface area contributed by atoms with Crippen LogP contribution in [0, 0.1) is 0 Å². The van der Waals surface area contributed by atoms with Gasteiger partial charge in [0.05, 0.1) is 5.38 Å². The molecule has 54 valence electrons. The molecule has 0 heterocycles. The van der Waals surface area contributed by atoms with Crippen molar-refractivity contribution in [1.29, 1.82) is 0 Å². The smallest absolute Gasteiger partial charge is 0.0682 e. The molecule has 0 aliphatic rings. The monoisotopic (exact) mass is 218 g/mol. The Bertz CT molecular complexity index is 186.